The molecule has 1 aromatic carbocycles. The van der Waals surface area contributed by atoms with Crippen LogP contribution in [0.3, 0.4) is 0 Å². The summed E-state index contributed by atoms with van der Waals surface area (Å²) in [4.78, 5) is 10.5. The maximum absolute atomic E-state index is 10.5. The van der Waals surface area contributed by atoms with Crippen LogP contribution >= 0.6 is 0 Å². The first-order valence-electron chi connectivity index (χ1n) is 4.93. The normalized spacial score (nSPS) is 10.0. The molecule has 88 valence electrons. The third-order valence-corrected chi connectivity index (χ3v) is 2.19. The predicted octanol–water partition coefficient (Wildman–Crippen LogP) is 1.62. The minimum atomic E-state index is 0.402. The second-order valence-corrected chi connectivity index (χ2v) is 3.30. The average molecular weight is 233 g/mol. The van der Waals surface area contributed by atoms with Crippen LogP contribution in [0, 0.1) is 6.92 Å². The molecule has 0 saturated heterocycles. The van der Waals surface area contributed by atoms with E-state index in [4.69, 9.17) is 9.15 Å². The molecular formula is C11H11N3O3. The van der Waals surface area contributed by atoms with Gasteiger partial charge in [-0.15, -0.1) is 10.2 Å². The SMILES string of the molecule is COc1ccc(-c2nnc(C)o2)cc1NC=O. The van der Waals surface area contributed by atoms with Crippen LogP contribution in [0.2, 0.25) is 0 Å². The monoisotopic (exact) mass is 233 g/mol. The highest BCUT2D eigenvalue weighted by molar-refractivity contribution is 5.78. The molecule has 6 heteroatoms. The van der Waals surface area contributed by atoms with Gasteiger partial charge in [0.25, 0.3) is 0 Å². The summed E-state index contributed by atoms with van der Waals surface area (Å²) < 4.78 is 10.4. The molecule has 2 aromatic rings. The van der Waals surface area contributed by atoms with E-state index in [1.54, 1.807) is 25.1 Å². The quantitative estimate of drug-likeness (QED) is 0.812. The third kappa shape index (κ3) is 2.25. The molecule has 1 aromatic heterocycles. The van der Waals surface area contributed by atoms with Gasteiger partial charge in [0, 0.05) is 12.5 Å². The fourth-order valence-corrected chi connectivity index (χ4v) is 1.43. The van der Waals surface area contributed by atoms with Gasteiger partial charge in [-0.2, -0.15) is 0 Å². The molecule has 0 atom stereocenters. The molecule has 6 nitrogen and oxygen atoms in total. The van der Waals surface area contributed by atoms with E-state index in [1.807, 2.05) is 0 Å². The highest BCUT2D eigenvalue weighted by atomic mass is 16.5. The number of aryl methyl sites for hydroxylation is 1. The van der Waals surface area contributed by atoms with Crippen molar-refractivity contribution in [2.45, 2.75) is 6.92 Å². The third-order valence-electron chi connectivity index (χ3n) is 2.19. The minimum absolute atomic E-state index is 0.402. The molecule has 1 N–H and O–H groups in total. The summed E-state index contributed by atoms with van der Waals surface area (Å²) >= 11 is 0. The van der Waals surface area contributed by atoms with Crippen LogP contribution in [-0.4, -0.2) is 23.7 Å². The number of amides is 1. The molecule has 0 radical (unpaired) electrons. The van der Waals surface area contributed by atoms with Crippen LogP contribution in [0.25, 0.3) is 11.5 Å². The van der Waals surface area contributed by atoms with Crippen LogP contribution in [0.15, 0.2) is 22.6 Å². The number of aromatic nitrogens is 2. The Morgan fingerprint density at radius 2 is 2.24 bits per heavy atom. The van der Waals surface area contributed by atoms with Crippen molar-refractivity contribution >= 4 is 12.1 Å². The van der Waals surface area contributed by atoms with Crippen LogP contribution in [-0.2, 0) is 4.79 Å². The van der Waals surface area contributed by atoms with Crippen LogP contribution in [0.4, 0.5) is 5.69 Å². The summed E-state index contributed by atoms with van der Waals surface area (Å²) in [5.74, 6) is 1.46. The maximum atomic E-state index is 10.5. The Hall–Kier alpha value is -2.37. The van der Waals surface area contributed by atoms with Gasteiger partial charge in [0.2, 0.25) is 18.2 Å². The first-order valence-corrected chi connectivity index (χ1v) is 4.93. The van der Waals surface area contributed by atoms with Crippen LogP contribution < -0.4 is 10.1 Å². The fraction of sp³-hybridized carbons (Fsp3) is 0.182. The number of ether oxygens (including phenoxy) is 1. The number of benzene rings is 1. The summed E-state index contributed by atoms with van der Waals surface area (Å²) in [6.07, 6.45) is 0.584. The Labute approximate surface area is 97.6 Å². The lowest BCUT2D eigenvalue weighted by Gasteiger charge is -2.07. The number of carbonyl (C=O) groups is 1. The van der Waals surface area contributed by atoms with Gasteiger partial charge < -0.3 is 14.5 Å². The van der Waals surface area contributed by atoms with Crippen molar-refractivity contribution in [1.29, 1.82) is 0 Å². The molecule has 0 spiro atoms. The molecule has 0 aliphatic carbocycles. The number of rotatable bonds is 4. The average Bonchev–Trinajstić information content (AvgIpc) is 2.76. The van der Waals surface area contributed by atoms with E-state index in [0.29, 0.717) is 29.6 Å². The minimum Gasteiger partial charge on any atom is -0.495 e. The Bertz CT molecular complexity index is 537. The van der Waals surface area contributed by atoms with E-state index in [-0.39, 0.29) is 0 Å². The van der Waals surface area contributed by atoms with Crippen molar-refractivity contribution in [2.75, 3.05) is 12.4 Å². The second kappa shape index (κ2) is 4.65. The number of anilines is 1. The van der Waals surface area contributed by atoms with Crippen molar-refractivity contribution in [3.63, 3.8) is 0 Å². The molecule has 1 heterocycles. The summed E-state index contributed by atoms with van der Waals surface area (Å²) in [5, 5.41) is 10.2. The standard InChI is InChI=1S/C11H11N3O3/c1-7-13-14-11(17-7)8-3-4-10(16-2)9(5-8)12-6-15/h3-6H,1-2H3,(H,12,15). The Morgan fingerprint density at radius 1 is 1.41 bits per heavy atom. The lowest BCUT2D eigenvalue weighted by molar-refractivity contribution is -0.105. The summed E-state index contributed by atoms with van der Waals surface area (Å²) in [6, 6.07) is 5.21. The molecule has 0 saturated carbocycles. The Morgan fingerprint density at radius 3 is 2.82 bits per heavy atom. The molecule has 0 bridgehead atoms. The molecule has 1 amide bonds. The van der Waals surface area contributed by atoms with Gasteiger partial charge in [-0.1, -0.05) is 0 Å². The topological polar surface area (TPSA) is 77.2 Å². The van der Waals surface area contributed by atoms with Gasteiger partial charge in [0.1, 0.15) is 5.75 Å². The van der Waals surface area contributed by atoms with Gasteiger partial charge in [0.15, 0.2) is 0 Å². The summed E-state index contributed by atoms with van der Waals surface area (Å²) in [6.45, 7) is 1.71. The lowest BCUT2D eigenvalue weighted by atomic mass is 10.2. The number of nitrogens with zero attached hydrogens (tertiary/aromatic N) is 2. The highest BCUT2D eigenvalue weighted by Crippen LogP contribution is 2.29. The van der Waals surface area contributed by atoms with E-state index >= 15 is 0 Å². The first-order chi connectivity index (χ1) is 8.24. The second-order valence-electron chi connectivity index (χ2n) is 3.30. The smallest absolute Gasteiger partial charge is 0.247 e. The zero-order valence-electron chi connectivity index (χ0n) is 9.43. The van der Waals surface area contributed by atoms with Crippen LogP contribution in [0.1, 0.15) is 5.89 Å². The van der Waals surface area contributed by atoms with Crippen molar-refractivity contribution < 1.29 is 13.9 Å². The van der Waals surface area contributed by atoms with Crippen LogP contribution in [0.5, 0.6) is 5.75 Å². The number of methoxy groups -OCH3 is 1. The van der Waals surface area contributed by atoms with Gasteiger partial charge in [-0.05, 0) is 18.2 Å². The first kappa shape index (κ1) is 11.1. The van der Waals surface area contributed by atoms with E-state index in [2.05, 4.69) is 15.5 Å². The largest absolute Gasteiger partial charge is 0.495 e. The van der Waals surface area contributed by atoms with Crippen molar-refractivity contribution in [1.82, 2.24) is 10.2 Å². The highest BCUT2D eigenvalue weighted by Gasteiger charge is 2.09. The summed E-state index contributed by atoms with van der Waals surface area (Å²) in [7, 11) is 1.53. The lowest BCUT2D eigenvalue weighted by Crippen LogP contribution is -1.97. The number of hydrogen-bond donors (Lipinski definition) is 1. The zero-order chi connectivity index (χ0) is 12.3. The predicted molar refractivity (Wildman–Crippen MR) is 60.7 cm³/mol. The van der Waals surface area contributed by atoms with E-state index < -0.39 is 0 Å². The molecule has 0 fully saturated rings. The van der Waals surface area contributed by atoms with Crippen molar-refractivity contribution in [3.05, 3.63) is 24.1 Å². The van der Waals surface area contributed by atoms with E-state index in [1.165, 1.54) is 7.11 Å². The number of hydrogen-bond acceptors (Lipinski definition) is 5. The molecule has 0 unspecified atom stereocenters. The van der Waals surface area contributed by atoms with Crippen molar-refractivity contribution in [2.24, 2.45) is 0 Å². The Balaban J connectivity index is 2.42. The number of nitrogens with one attached hydrogen (secondary N) is 1. The molecule has 0 aliphatic heterocycles. The summed E-state index contributed by atoms with van der Waals surface area (Å²) in [5.41, 5.74) is 1.27. The molecule has 0 aliphatic rings. The maximum Gasteiger partial charge on any atom is 0.247 e. The molecule has 2 rings (SSSR count). The van der Waals surface area contributed by atoms with Gasteiger partial charge in [-0.25, -0.2) is 0 Å². The molecule has 17 heavy (non-hydrogen) atoms. The Kier molecular flexibility index (Phi) is 3.04. The van der Waals surface area contributed by atoms with Crippen molar-refractivity contribution in [3.8, 4) is 17.2 Å². The van der Waals surface area contributed by atoms with Gasteiger partial charge in [-0.3, -0.25) is 4.79 Å². The van der Waals surface area contributed by atoms with E-state index in [0.717, 1.165) is 5.56 Å². The fourth-order valence-electron chi connectivity index (χ4n) is 1.43. The number of carbonyl (C=O) groups excluding carboxylic acids is 1. The van der Waals surface area contributed by atoms with Gasteiger partial charge >= 0.3 is 0 Å². The molecular weight excluding hydrogens is 222 g/mol. The van der Waals surface area contributed by atoms with Gasteiger partial charge in [0.05, 0.1) is 12.8 Å². The van der Waals surface area contributed by atoms with E-state index in [9.17, 15) is 4.79 Å². The zero-order valence-corrected chi connectivity index (χ0v) is 9.43.